The maximum atomic E-state index is 15.8. The Morgan fingerprint density at radius 2 is 1.84 bits per heavy atom. The number of benzene rings is 3. The number of carbonyl (C=O) groups is 1. The van der Waals surface area contributed by atoms with E-state index in [-0.39, 0.29) is 18.2 Å². The smallest absolute Gasteiger partial charge is 0.335 e. The summed E-state index contributed by atoms with van der Waals surface area (Å²) in [4.78, 5) is 18.5. The fourth-order valence-electron chi connectivity index (χ4n) is 6.15. The van der Waals surface area contributed by atoms with Crippen LogP contribution >= 0.6 is 0 Å². The Morgan fingerprint density at radius 1 is 1.07 bits per heavy atom. The van der Waals surface area contributed by atoms with Crippen molar-refractivity contribution in [1.29, 1.82) is 0 Å². The van der Waals surface area contributed by atoms with Gasteiger partial charge in [0.1, 0.15) is 24.0 Å². The molecule has 0 amide bonds. The van der Waals surface area contributed by atoms with E-state index in [0.717, 1.165) is 55.1 Å². The lowest BCUT2D eigenvalue weighted by Crippen LogP contribution is -2.36. The summed E-state index contributed by atoms with van der Waals surface area (Å²) >= 11 is 0. The number of nitrogens with zero attached hydrogens (tertiary/aromatic N) is 3. The number of sulfonamides is 1. The largest absolute Gasteiger partial charge is 0.489 e. The van der Waals surface area contributed by atoms with Crippen LogP contribution in [0.2, 0.25) is 0 Å². The molecule has 0 spiro atoms. The van der Waals surface area contributed by atoms with Crippen molar-refractivity contribution in [2.45, 2.75) is 44.8 Å². The molecule has 0 unspecified atom stereocenters. The van der Waals surface area contributed by atoms with Crippen LogP contribution < -0.4 is 14.4 Å². The van der Waals surface area contributed by atoms with Crippen molar-refractivity contribution in [2.24, 2.45) is 0 Å². The van der Waals surface area contributed by atoms with Gasteiger partial charge in [0.25, 0.3) is 0 Å². The van der Waals surface area contributed by atoms with Gasteiger partial charge in [-0.2, -0.15) is 0 Å². The molecule has 2 fully saturated rings. The first-order valence-corrected chi connectivity index (χ1v) is 16.7. The summed E-state index contributed by atoms with van der Waals surface area (Å²) in [5, 5.41) is 9.50. The number of ether oxygens (including phenoxy) is 2. The molecule has 10 nitrogen and oxygen atoms in total. The predicted octanol–water partition coefficient (Wildman–Crippen LogP) is 5.83. The summed E-state index contributed by atoms with van der Waals surface area (Å²) in [6.45, 7) is 2.62. The molecule has 1 aliphatic heterocycles. The fourth-order valence-corrected chi connectivity index (χ4v) is 6.71. The van der Waals surface area contributed by atoms with Gasteiger partial charge in [-0.3, -0.25) is 4.72 Å². The van der Waals surface area contributed by atoms with Gasteiger partial charge in [0.15, 0.2) is 0 Å². The first-order chi connectivity index (χ1) is 21.2. The molecule has 4 aromatic rings. The average Bonchev–Trinajstić information content (AvgIpc) is 3.38. The number of hydrogen-bond donors (Lipinski definition) is 2. The number of fused-ring (bicyclic) bond motifs is 1. The SMILES string of the molecule is CS(=O)(=O)Nc1ccc(N2CCOCC2)c(COc2ccc(-c3nc4cc(C(=O)O)ccc4n3C3CCCCC3)c(F)c2)c1. The molecular weight excluding hydrogens is 587 g/mol. The van der Waals surface area contributed by atoms with Crippen LogP contribution in [-0.2, 0) is 21.4 Å². The summed E-state index contributed by atoms with van der Waals surface area (Å²) in [6, 6.07) is 15.0. The van der Waals surface area contributed by atoms with Crippen LogP contribution in [0.1, 0.15) is 54.1 Å². The van der Waals surface area contributed by atoms with Crippen LogP contribution in [0.5, 0.6) is 5.75 Å². The molecule has 1 aromatic heterocycles. The van der Waals surface area contributed by atoms with E-state index in [2.05, 4.69) is 14.2 Å². The zero-order valence-corrected chi connectivity index (χ0v) is 25.3. The Bertz CT molecular complexity index is 1800. The topological polar surface area (TPSA) is 123 Å². The molecule has 2 aliphatic rings. The number of carboxylic acids is 1. The summed E-state index contributed by atoms with van der Waals surface area (Å²) in [5.74, 6) is -0.765. The van der Waals surface area contributed by atoms with Crippen LogP contribution in [0.4, 0.5) is 15.8 Å². The van der Waals surface area contributed by atoms with Crippen LogP contribution in [0, 0.1) is 5.82 Å². The first-order valence-electron chi connectivity index (χ1n) is 14.8. The normalized spacial score (nSPS) is 16.3. The standard InChI is InChI=1S/C32H35FN4O6S/c1-44(40,41)35-23-8-12-29(36-13-15-42-16-14-36)22(17-23)20-43-25-9-10-26(27(33)19-25)31-34-28-18-21(32(38)39)7-11-30(28)37(31)24-5-3-2-4-6-24/h7-12,17-19,24,35H,2-6,13-16,20H2,1H3,(H,38,39). The van der Waals surface area contributed by atoms with E-state index in [4.69, 9.17) is 14.5 Å². The number of nitrogens with one attached hydrogen (secondary N) is 1. The Morgan fingerprint density at radius 3 is 2.55 bits per heavy atom. The van der Waals surface area contributed by atoms with E-state index in [1.807, 2.05) is 6.07 Å². The van der Waals surface area contributed by atoms with Crippen molar-refractivity contribution in [2.75, 3.05) is 42.2 Å². The maximum absolute atomic E-state index is 15.8. The molecule has 2 N–H and O–H groups in total. The van der Waals surface area contributed by atoms with Gasteiger partial charge in [-0.25, -0.2) is 22.6 Å². The first kappa shape index (κ1) is 29.9. The van der Waals surface area contributed by atoms with Gasteiger partial charge in [-0.15, -0.1) is 0 Å². The lowest BCUT2D eigenvalue weighted by Gasteiger charge is -2.31. The Hall–Kier alpha value is -4.16. The van der Waals surface area contributed by atoms with Crippen LogP contribution in [0.25, 0.3) is 22.4 Å². The molecule has 1 saturated heterocycles. The highest BCUT2D eigenvalue weighted by Gasteiger charge is 2.25. The Kier molecular flexibility index (Phi) is 8.46. The maximum Gasteiger partial charge on any atom is 0.335 e. The number of rotatable bonds is 9. The number of anilines is 2. The van der Waals surface area contributed by atoms with Crippen molar-refractivity contribution in [3.63, 3.8) is 0 Å². The van der Waals surface area contributed by atoms with Gasteiger partial charge in [-0.1, -0.05) is 19.3 Å². The van der Waals surface area contributed by atoms with Gasteiger partial charge >= 0.3 is 5.97 Å². The van der Waals surface area contributed by atoms with Crippen molar-refractivity contribution in [3.8, 4) is 17.1 Å². The third-order valence-electron chi connectivity index (χ3n) is 8.19. The van der Waals surface area contributed by atoms with Gasteiger partial charge in [0, 0.05) is 42.1 Å². The lowest BCUT2D eigenvalue weighted by atomic mass is 9.94. The van der Waals surface area contributed by atoms with E-state index in [9.17, 15) is 18.3 Å². The van der Waals surface area contributed by atoms with E-state index in [1.54, 1.807) is 36.4 Å². The van der Waals surface area contributed by atoms with Crippen molar-refractivity contribution < 1.29 is 32.2 Å². The third kappa shape index (κ3) is 6.51. The minimum absolute atomic E-state index is 0.0866. The van der Waals surface area contributed by atoms with E-state index < -0.39 is 21.8 Å². The summed E-state index contributed by atoms with van der Waals surface area (Å²) in [6.07, 6.45) is 6.28. The highest BCUT2D eigenvalue weighted by atomic mass is 32.2. The van der Waals surface area contributed by atoms with Gasteiger partial charge in [-0.05, 0) is 61.4 Å². The molecule has 12 heteroatoms. The van der Waals surface area contributed by atoms with E-state index in [1.165, 1.54) is 12.1 Å². The summed E-state index contributed by atoms with van der Waals surface area (Å²) in [5.41, 5.74) is 3.80. The molecule has 44 heavy (non-hydrogen) atoms. The Labute approximate surface area is 255 Å². The molecule has 6 rings (SSSR count). The second-order valence-corrected chi connectivity index (χ2v) is 13.1. The van der Waals surface area contributed by atoms with Gasteiger partial charge in [0.05, 0.1) is 41.6 Å². The number of hydrogen-bond acceptors (Lipinski definition) is 7. The molecule has 0 radical (unpaired) electrons. The van der Waals surface area contributed by atoms with E-state index >= 15 is 4.39 Å². The number of morpholine rings is 1. The van der Waals surface area contributed by atoms with Crippen LogP contribution in [0.3, 0.4) is 0 Å². The molecule has 0 atom stereocenters. The second-order valence-electron chi connectivity index (χ2n) is 11.4. The van der Waals surface area contributed by atoms with E-state index in [0.29, 0.717) is 54.6 Å². The molecule has 232 valence electrons. The van der Waals surface area contributed by atoms with Gasteiger partial charge in [0.2, 0.25) is 10.0 Å². The minimum atomic E-state index is -3.47. The summed E-state index contributed by atoms with van der Waals surface area (Å²) in [7, 11) is -3.47. The van der Waals surface area contributed by atoms with Crippen molar-refractivity contribution in [3.05, 3.63) is 71.5 Å². The van der Waals surface area contributed by atoms with Crippen molar-refractivity contribution >= 4 is 38.4 Å². The average molecular weight is 623 g/mol. The second kappa shape index (κ2) is 12.4. The number of aromatic nitrogens is 2. The third-order valence-corrected chi connectivity index (χ3v) is 8.79. The molecule has 0 bridgehead atoms. The zero-order chi connectivity index (χ0) is 30.8. The number of halogens is 1. The quantitative estimate of drug-likeness (QED) is 0.239. The molecule has 2 heterocycles. The number of aromatic carboxylic acids is 1. The lowest BCUT2D eigenvalue weighted by molar-refractivity contribution is 0.0697. The minimum Gasteiger partial charge on any atom is -0.489 e. The molecule has 1 aliphatic carbocycles. The molecule has 3 aromatic carbocycles. The van der Waals surface area contributed by atoms with Gasteiger partial charge < -0.3 is 24.0 Å². The number of carboxylic acid groups (broad SMARTS) is 1. The highest BCUT2D eigenvalue weighted by molar-refractivity contribution is 7.92. The zero-order valence-electron chi connectivity index (χ0n) is 24.5. The summed E-state index contributed by atoms with van der Waals surface area (Å²) < 4.78 is 55.7. The highest BCUT2D eigenvalue weighted by Crippen LogP contribution is 2.38. The van der Waals surface area contributed by atoms with Crippen LogP contribution in [-0.4, -0.2) is 61.6 Å². The molecule has 1 saturated carbocycles. The predicted molar refractivity (Wildman–Crippen MR) is 166 cm³/mol. The Balaban J connectivity index is 1.31. The fraction of sp³-hybridized carbons (Fsp3) is 0.375. The monoisotopic (exact) mass is 622 g/mol. The number of imidazole rings is 1. The van der Waals surface area contributed by atoms with Crippen LogP contribution in [0.15, 0.2) is 54.6 Å². The molecular formula is C32H35FN4O6S. The van der Waals surface area contributed by atoms with Crippen molar-refractivity contribution in [1.82, 2.24) is 9.55 Å².